The number of allylic oxidation sites excluding steroid dienone is 1. The van der Waals surface area contributed by atoms with Crippen molar-refractivity contribution in [3.05, 3.63) is 29.3 Å². The molecule has 3 nitrogen and oxygen atoms in total. The highest BCUT2D eigenvalue weighted by Crippen LogP contribution is 2.37. The zero-order chi connectivity index (χ0) is 14.4. The van der Waals surface area contributed by atoms with Crippen LogP contribution in [-0.2, 0) is 0 Å². The van der Waals surface area contributed by atoms with Gasteiger partial charge in [0.05, 0.1) is 14.2 Å². The lowest BCUT2D eigenvalue weighted by molar-refractivity contribution is 0.387. The summed E-state index contributed by atoms with van der Waals surface area (Å²) in [6.45, 7) is 7.04. The molecule has 0 amide bonds. The largest absolute Gasteiger partial charge is 0.496 e. The van der Waals surface area contributed by atoms with Crippen molar-refractivity contribution in [1.82, 2.24) is 0 Å². The van der Waals surface area contributed by atoms with Crippen LogP contribution in [0.1, 0.15) is 31.4 Å². The third-order valence-electron chi connectivity index (χ3n) is 3.24. The Hall–Kier alpha value is -1.48. The molecular formula is C16H25NO2. The van der Waals surface area contributed by atoms with E-state index in [4.69, 9.17) is 15.2 Å². The van der Waals surface area contributed by atoms with Gasteiger partial charge in [0, 0.05) is 11.1 Å². The molecule has 1 aromatic carbocycles. The number of hydrogen-bond acceptors (Lipinski definition) is 3. The second-order valence-electron chi connectivity index (χ2n) is 4.87. The Bertz CT molecular complexity index is 450. The average Bonchev–Trinajstić information content (AvgIpc) is 2.39. The van der Waals surface area contributed by atoms with Crippen LogP contribution in [0.2, 0.25) is 0 Å². The Morgan fingerprint density at radius 1 is 1.26 bits per heavy atom. The highest BCUT2D eigenvalue weighted by Gasteiger charge is 2.16. The summed E-state index contributed by atoms with van der Waals surface area (Å²) in [6, 6.07) is 4.05. The van der Waals surface area contributed by atoms with Crippen LogP contribution in [0.25, 0.3) is 5.57 Å². The first-order valence-electron chi connectivity index (χ1n) is 6.68. The van der Waals surface area contributed by atoms with Crippen LogP contribution in [0.4, 0.5) is 0 Å². The highest BCUT2D eigenvalue weighted by atomic mass is 16.5. The van der Waals surface area contributed by atoms with Gasteiger partial charge in [0.25, 0.3) is 0 Å². The van der Waals surface area contributed by atoms with E-state index in [1.165, 1.54) is 5.57 Å². The molecule has 1 rings (SSSR count). The van der Waals surface area contributed by atoms with Gasteiger partial charge in [-0.05, 0) is 43.5 Å². The SMILES string of the molecule is COc1ccc(/C(=C/CCN)C(C)C)c(OC)c1C. The minimum absolute atomic E-state index is 0.424. The fourth-order valence-electron chi connectivity index (χ4n) is 2.28. The second-order valence-corrected chi connectivity index (χ2v) is 4.87. The molecule has 0 aliphatic rings. The maximum atomic E-state index is 5.61. The van der Waals surface area contributed by atoms with Crippen LogP contribution in [-0.4, -0.2) is 20.8 Å². The van der Waals surface area contributed by atoms with Crippen molar-refractivity contribution in [3.63, 3.8) is 0 Å². The van der Waals surface area contributed by atoms with E-state index in [1.807, 2.05) is 13.0 Å². The number of nitrogens with two attached hydrogens (primary N) is 1. The molecule has 0 saturated heterocycles. The molecule has 0 saturated carbocycles. The molecule has 0 aliphatic carbocycles. The van der Waals surface area contributed by atoms with E-state index in [1.54, 1.807) is 14.2 Å². The number of ether oxygens (including phenoxy) is 2. The third kappa shape index (κ3) is 3.51. The quantitative estimate of drug-likeness (QED) is 0.855. The van der Waals surface area contributed by atoms with Crippen molar-refractivity contribution in [2.75, 3.05) is 20.8 Å². The summed E-state index contributed by atoms with van der Waals surface area (Å²) in [5, 5.41) is 0. The van der Waals surface area contributed by atoms with Crippen LogP contribution in [0.15, 0.2) is 18.2 Å². The van der Waals surface area contributed by atoms with Crippen molar-refractivity contribution in [1.29, 1.82) is 0 Å². The van der Waals surface area contributed by atoms with Gasteiger partial charge in [0.2, 0.25) is 0 Å². The van der Waals surface area contributed by atoms with Crippen LogP contribution >= 0.6 is 0 Å². The van der Waals surface area contributed by atoms with Gasteiger partial charge in [0.1, 0.15) is 11.5 Å². The fraction of sp³-hybridized carbons (Fsp3) is 0.500. The lowest BCUT2D eigenvalue weighted by Gasteiger charge is -2.19. The molecule has 1 aromatic rings. The van der Waals surface area contributed by atoms with Crippen molar-refractivity contribution in [2.24, 2.45) is 11.7 Å². The second kappa shape index (κ2) is 7.19. The first-order valence-corrected chi connectivity index (χ1v) is 6.68. The van der Waals surface area contributed by atoms with Gasteiger partial charge in [-0.2, -0.15) is 0 Å². The Balaban J connectivity index is 3.35. The van der Waals surface area contributed by atoms with Gasteiger partial charge in [0.15, 0.2) is 0 Å². The zero-order valence-corrected chi connectivity index (χ0v) is 12.6. The molecule has 0 heterocycles. The van der Waals surface area contributed by atoms with Gasteiger partial charge >= 0.3 is 0 Å². The smallest absolute Gasteiger partial charge is 0.132 e. The lowest BCUT2D eigenvalue weighted by atomic mass is 9.92. The number of hydrogen-bond donors (Lipinski definition) is 1. The molecule has 0 fully saturated rings. The molecule has 2 N–H and O–H groups in total. The highest BCUT2D eigenvalue weighted by molar-refractivity contribution is 5.74. The van der Waals surface area contributed by atoms with Crippen molar-refractivity contribution in [2.45, 2.75) is 27.2 Å². The Morgan fingerprint density at radius 2 is 1.95 bits per heavy atom. The molecule has 0 aliphatic heterocycles. The number of benzene rings is 1. The summed E-state index contributed by atoms with van der Waals surface area (Å²) >= 11 is 0. The summed E-state index contributed by atoms with van der Waals surface area (Å²) in [7, 11) is 3.38. The van der Waals surface area contributed by atoms with E-state index < -0.39 is 0 Å². The molecule has 0 spiro atoms. The van der Waals surface area contributed by atoms with E-state index in [0.717, 1.165) is 29.0 Å². The van der Waals surface area contributed by atoms with Crippen LogP contribution in [0.3, 0.4) is 0 Å². The normalized spacial score (nSPS) is 11.8. The summed E-state index contributed by atoms with van der Waals surface area (Å²) in [5.74, 6) is 2.16. The summed E-state index contributed by atoms with van der Waals surface area (Å²) in [4.78, 5) is 0. The zero-order valence-electron chi connectivity index (χ0n) is 12.6. The van der Waals surface area contributed by atoms with Gasteiger partial charge in [-0.15, -0.1) is 0 Å². The number of rotatable bonds is 6. The Morgan fingerprint density at radius 3 is 2.42 bits per heavy atom. The minimum atomic E-state index is 0.424. The van der Waals surface area contributed by atoms with E-state index in [-0.39, 0.29) is 0 Å². The average molecular weight is 263 g/mol. The van der Waals surface area contributed by atoms with E-state index in [0.29, 0.717) is 12.5 Å². The monoisotopic (exact) mass is 263 g/mol. The Kier molecular flexibility index (Phi) is 5.90. The molecule has 0 bridgehead atoms. The molecule has 0 radical (unpaired) electrons. The predicted molar refractivity (Wildman–Crippen MR) is 80.8 cm³/mol. The van der Waals surface area contributed by atoms with Crippen LogP contribution < -0.4 is 15.2 Å². The van der Waals surface area contributed by atoms with Gasteiger partial charge in [-0.25, -0.2) is 0 Å². The fourth-order valence-corrected chi connectivity index (χ4v) is 2.28. The molecule has 106 valence electrons. The maximum absolute atomic E-state index is 5.61. The van der Waals surface area contributed by atoms with Gasteiger partial charge in [-0.3, -0.25) is 0 Å². The standard InChI is InChI=1S/C16H25NO2/c1-11(2)13(7-6-10-17)14-8-9-15(18-4)12(3)16(14)19-5/h7-9,11H,6,10,17H2,1-5H3/b13-7+. The van der Waals surface area contributed by atoms with Crippen LogP contribution in [0.5, 0.6) is 11.5 Å². The molecule has 0 aromatic heterocycles. The van der Waals surface area contributed by atoms with Gasteiger partial charge in [-0.1, -0.05) is 19.9 Å². The maximum Gasteiger partial charge on any atom is 0.132 e. The first kappa shape index (κ1) is 15.6. The molecule has 0 atom stereocenters. The summed E-state index contributed by atoms with van der Waals surface area (Å²) in [6.07, 6.45) is 3.08. The van der Waals surface area contributed by atoms with E-state index >= 15 is 0 Å². The summed E-state index contributed by atoms with van der Waals surface area (Å²) < 4.78 is 10.9. The van der Waals surface area contributed by atoms with Crippen LogP contribution in [0, 0.1) is 12.8 Å². The Labute approximate surface area is 116 Å². The van der Waals surface area contributed by atoms with E-state index in [2.05, 4.69) is 26.0 Å². The molecule has 0 unspecified atom stereocenters. The summed E-state index contributed by atoms with van der Waals surface area (Å²) in [5.41, 5.74) is 9.04. The van der Waals surface area contributed by atoms with Crippen molar-refractivity contribution < 1.29 is 9.47 Å². The molecule has 3 heteroatoms. The number of methoxy groups -OCH3 is 2. The topological polar surface area (TPSA) is 44.5 Å². The van der Waals surface area contributed by atoms with Crippen molar-refractivity contribution in [3.8, 4) is 11.5 Å². The first-order chi connectivity index (χ1) is 9.06. The molecular weight excluding hydrogens is 238 g/mol. The predicted octanol–water partition coefficient (Wildman–Crippen LogP) is 3.40. The lowest BCUT2D eigenvalue weighted by Crippen LogP contribution is -2.02. The van der Waals surface area contributed by atoms with Crippen molar-refractivity contribution >= 4 is 5.57 Å². The van der Waals surface area contributed by atoms with E-state index in [9.17, 15) is 0 Å². The van der Waals surface area contributed by atoms with Gasteiger partial charge < -0.3 is 15.2 Å². The molecule has 19 heavy (non-hydrogen) atoms. The third-order valence-corrected chi connectivity index (χ3v) is 3.24. The minimum Gasteiger partial charge on any atom is -0.496 e.